The topological polar surface area (TPSA) is 41.6 Å². The molecule has 1 amide bonds. The monoisotopic (exact) mass is 366 g/mol. The first-order valence-electron chi connectivity index (χ1n) is 9.81. The van der Waals surface area contributed by atoms with Gasteiger partial charge in [-0.2, -0.15) is 0 Å². The lowest BCUT2D eigenvalue weighted by molar-refractivity contribution is -0.122. The molecule has 0 aliphatic carbocycles. The average Bonchev–Trinajstić information content (AvgIpc) is 3.12. The van der Waals surface area contributed by atoms with Gasteiger partial charge in [0, 0.05) is 25.2 Å². The molecule has 0 spiro atoms. The normalized spacial score (nSPS) is 18.3. The van der Waals surface area contributed by atoms with Crippen LogP contribution >= 0.6 is 0 Å². The third-order valence-electron chi connectivity index (χ3n) is 5.33. The van der Waals surface area contributed by atoms with Crippen LogP contribution in [0.15, 0.2) is 48.5 Å². The Bertz CT molecular complexity index is 760. The number of aryl methyl sites for hydroxylation is 2. The molecule has 4 nitrogen and oxygen atoms in total. The van der Waals surface area contributed by atoms with Crippen LogP contribution in [0, 0.1) is 13.8 Å². The van der Waals surface area contributed by atoms with Gasteiger partial charge in [0.15, 0.2) is 0 Å². The Labute approximate surface area is 162 Å². The number of nitrogens with zero attached hydrogens (tertiary/aromatic N) is 1. The van der Waals surface area contributed by atoms with E-state index in [4.69, 9.17) is 4.74 Å². The van der Waals surface area contributed by atoms with Gasteiger partial charge in [-0.25, -0.2) is 0 Å². The van der Waals surface area contributed by atoms with Crippen molar-refractivity contribution in [2.24, 2.45) is 0 Å². The number of carbonyl (C=O) groups excluding carboxylic acids is 1. The fourth-order valence-electron chi connectivity index (χ4n) is 3.71. The Balaban J connectivity index is 1.41. The van der Waals surface area contributed by atoms with Crippen LogP contribution in [0.4, 0.5) is 0 Å². The first kappa shape index (κ1) is 19.4. The maximum absolute atomic E-state index is 12.3. The van der Waals surface area contributed by atoms with E-state index in [0.717, 1.165) is 30.8 Å². The molecule has 1 aliphatic rings. The Morgan fingerprint density at radius 2 is 2.00 bits per heavy atom. The molecule has 4 heteroatoms. The van der Waals surface area contributed by atoms with Gasteiger partial charge in [0.1, 0.15) is 5.75 Å². The molecule has 2 aromatic carbocycles. The molecule has 0 radical (unpaired) electrons. The van der Waals surface area contributed by atoms with Gasteiger partial charge in [-0.1, -0.05) is 48.0 Å². The molecule has 3 rings (SSSR count). The number of benzene rings is 2. The van der Waals surface area contributed by atoms with Crippen LogP contribution in [0.3, 0.4) is 0 Å². The largest absolute Gasteiger partial charge is 0.493 e. The van der Waals surface area contributed by atoms with Crippen LogP contribution in [0.25, 0.3) is 0 Å². The van der Waals surface area contributed by atoms with Crippen molar-refractivity contribution in [3.8, 4) is 5.75 Å². The highest BCUT2D eigenvalue weighted by atomic mass is 16.5. The van der Waals surface area contributed by atoms with E-state index in [9.17, 15) is 4.79 Å². The molecule has 1 saturated heterocycles. The van der Waals surface area contributed by atoms with E-state index in [2.05, 4.69) is 54.4 Å². The minimum absolute atomic E-state index is 0.0685. The maximum Gasteiger partial charge on any atom is 0.223 e. The molecular weight excluding hydrogens is 336 g/mol. The van der Waals surface area contributed by atoms with Gasteiger partial charge >= 0.3 is 0 Å². The standard InChI is InChI=1S/C23H30N2O2/c1-17-9-10-22(18(2)15-17)27-14-12-23(26)24-21-11-13-25(16-21)19(3)20-7-5-4-6-8-20/h4-10,15,19,21H,11-14,16H2,1-3H3,(H,24,26). The average molecular weight is 367 g/mol. The molecule has 0 saturated carbocycles. The van der Waals surface area contributed by atoms with Crippen molar-refractivity contribution in [2.75, 3.05) is 19.7 Å². The van der Waals surface area contributed by atoms with Crippen molar-refractivity contribution in [3.63, 3.8) is 0 Å². The summed E-state index contributed by atoms with van der Waals surface area (Å²) in [5.41, 5.74) is 3.65. The lowest BCUT2D eigenvalue weighted by atomic mass is 10.1. The number of hydrogen-bond acceptors (Lipinski definition) is 3. The van der Waals surface area contributed by atoms with Gasteiger partial charge in [0.25, 0.3) is 0 Å². The van der Waals surface area contributed by atoms with Crippen LogP contribution < -0.4 is 10.1 Å². The van der Waals surface area contributed by atoms with E-state index in [1.165, 1.54) is 11.1 Å². The van der Waals surface area contributed by atoms with Crippen molar-refractivity contribution in [2.45, 2.75) is 45.7 Å². The number of carbonyl (C=O) groups is 1. The second-order valence-corrected chi connectivity index (χ2v) is 7.50. The minimum Gasteiger partial charge on any atom is -0.493 e. The third-order valence-corrected chi connectivity index (χ3v) is 5.33. The summed E-state index contributed by atoms with van der Waals surface area (Å²) in [5, 5.41) is 3.16. The number of likely N-dealkylation sites (tertiary alicyclic amines) is 1. The van der Waals surface area contributed by atoms with Crippen molar-refractivity contribution >= 4 is 5.91 Å². The summed E-state index contributed by atoms with van der Waals surface area (Å²) in [6.45, 7) is 8.65. The molecule has 1 aliphatic heterocycles. The number of nitrogens with one attached hydrogen (secondary N) is 1. The lowest BCUT2D eigenvalue weighted by Crippen LogP contribution is -2.38. The quantitative estimate of drug-likeness (QED) is 0.805. The van der Waals surface area contributed by atoms with Gasteiger partial charge in [0.2, 0.25) is 5.91 Å². The molecule has 1 N–H and O–H groups in total. The Hall–Kier alpha value is -2.33. The summed E-state index contributed by atoms with van der Waals surface area (Å²) in [6.07, 6.45) is 1.39. The number of ether oxygens (including phenoxy) is 1. The molecule has 1 fully saturated rings. The third kappa shape index (κ3) is 5.33. The molecule has 144 valence electrons. The summed E-state index contributed by atoms with van der Waals surface area (Å²) < 4.78 is 5.77. The highest BCUT2D eigenvalue weighted by Crippen LogP contribution is 2.24. The van der Waals surface area contributed by atoms with Gasteiger partial charge in [0.05, 0.1) is 13.0 Å². The zero-order valence-corrected chi connectivity index (χ0v) is 16.6. The predicted octanol–water partition coefficient (Wildman–Crippen LogP) is 4.02. The van der Waals surface area contributed by atoms with Crippen molar-refractivity contribution < 1.29 is 9.53 Å². The lowest BCUT2D eigenvalue weighted by Gasteiger charge is -2.24. The molecule has 27 heavy (non-hydrogen) atoms. The van der Waals surface area contributed by atoms with Crippen LogP contribution in [0.2, 0.25) is 0 Å². The van der Waals surface area contributed by atoms with E-state index in [1.807, 2.05) is 25.1 Å². The van der Waals surface area contributed by atoms with Crippen LogP contribution in [0.1, 0.15) is 42.5 Å². The first-order valence-corrected chi connectivity index (χ1v) is 9.81. The minimum atomic E-state index is 0.0685. The van der Waals surface area contributed by atoms with Crippen molar-refractivity contribution in [1.29, 1.82) is 0 Å². The summed E-state index contributed by atoms with van der Waals surface area (Å²) in [6, 6.07) is 17.2. The van der Waals surface area contributed by atoms with Crippen LogP contribution in [0.5, 0.6) is 5.75 Å². The summed E-state index contributed by atoms with van der Waals surface area (Å²) >= 11 is 0. The molecule has 0 aromatic heterocycles. The van der Waals surface area contributed by atoms with Gasteiger partial charge in [-0.05, 0) is 44.4 Å². The van der Waals surface area contributed by atoms with E-state index in [-0.39, 0.29) is 11.9 Å². The Morgan fingerprint density at radius 3 is 2.74 bits per heavy atom. The molecule has 2 aromatic rings. The first-order chi connectivity index (χ1) is 13.0. The Kier molecular flexibility index (Phi) is 6.51. The van der Waals surface area contributed by atoms with E-state index < -0.39 is 0 Å². The van der Waals surface area contributed by atoms with E-state index >= 15 is 0 Å². The summed E-state index contributed by atoms with van der Waals surface area (Å²) in [4.78, 5) is 14.7. The summed E-state index contributed by atoms with van der Waals surface area (Å²) in [5.74, 6) is 0.927. The summed E-state index contributed by atoms with van der Waals surface area (Å²) in [7, 11) is 0. The van der Waals surface area contributed by atoms with Crippen LogP contribution in [-0.4, -0.2) is 36.5 Å². The SMILES string of the molecule is Cc1ccc(OCCC(=O)NC2CCN(C(C)c3ccccc3)C2)c(C)c1. The fraction of sp³-hybridized carbons (Fsp3) is 0.435. The highest BCUT2D eigenvalue weighted by molar-refractivity contribution is 5.76. The van der Waals surface area contributed by atoms with E-state index in [0.29, 0.717) is 19.1 Å². The van der Waals surface area contributed by atoms with Gasteiger partial charge in [-0.3, -0.25) is 9.69 Å². The van der Waals surface area contributed by atoms with E-state index in [1.54, 1.807) is 0 Å². The van der Waals surface area contributed by atoms with Gasteiger partial charge < -0.3 is 10.1 Å². The predicted molar refractivity (Wildman–Crippen MR) is 109 cm³/mol. The number of amides is 1. The Morgan fingerprint density at radius 1 is 1.22 bits per heavy atom. The van der Waals surface area contributed by atoms with Crippen molar-refractivity contribution in [1.82, 2.24) is 10.2 Å². The molecular formula is C23H30N2O2. The number of rotatable bonds is 7. The second-order valence-electron chi connectivity index (χ2n) is 7.50. The molecule has 2 atom stereocenters. The zero-order valence-electron chi connectivity index (χ0n) is 16.6. The molecule has 0 bridgehead atoms. The maximum atomic E-state index is 12.3. The highest BCUT2D eigenvalue weighted by Gasteiger charge is 2.27. The smallest absolute Gasteiger partial charge is 0.223 e. The van der Waals surface area contributed by atoms with Crippen molar-refractivity contribution in [3.05, 3.63) is 65.2 Å². The fourth-order valence-corrected chi connectivity index (χ4v) is 3.71. The van der Waals surface area contributed by atoms with Crippen LogP contribution in [-0.2, 0) is 4.79 Å². The molecule has 2 unspecified atom stereocenters. The second kappa shape index (κ2) is 9.05. The number of hydrogen-bond donors (Lipinski definition) is 1. The molecule has 1 heterocycles. The zero-order chi connectivity index (χ0) is 19.2. The van der Waals surface area contributed by atoms with Gasteiger partial charge in [-0.15, -0.1) is 0 Å².